The summed E-state index contributed by atoms with van der Waals surface area (Å²) in [5.41, 5.74) is 8.45. The number of nitrogens with one attached hydrogen (secondary N) is 1. The highest BCUT2D eigenvalue weighted by Gasteiger charge is 2.12. The Morgan fingerprint density at radius 1 is 1.26 bits per heavy atom. The number of amides is 1. The molecule has 3 N–H and O–H groups in total. The van der Waals surface area contributed by atoms with E-state index in [2.05, 4.69) is 15.2 Å². The molecule has 6 nitrogen and oxygen atoms in total. The number of carbonyl (C=O) groups is 1. The van der Waals surface area contributed by atoms with Crippen LogP contribution in [0.5, 0.6) is 5.75 Å². The van der Waals surface area contributed by atoms with Gasteiger partial charge in [0.25, 0.3) is 5.91 Å². The summed E-state index contributed by atoms with van der Waals surface area (Å²) < 4.78 is 5.13. The normalized spacial score (nSPS) is 13.2. The van der Waals surface area contributed by atoms with E-state index in [1.807, 2.05) is 30.5 Å². The van der Waals surface area contributed by atoms with Gasteiger partial charge in [-0.25, -0.2) is 0 Å². The Morgan fingerprint density at radius 2 is 2.04 bits per heavy atom. The molecule has 118 valence electrons. The van der Waals surface area contributed by atoms with Crippen molar-refractivity contribution in [3.8, 4) is 5.75 Å². The molecule has 1 amide bonds. The first kappa shape index (κ1) is 14.9. The number of aliphatic imine (C=N–C) groups is 1. The van der Waals surface area contributed by atoms with Gasteiger partial charge >= 0.3 is 0 Å². The van der Waals surface area contributed by atoms with Gasteiger partial charge in [-0.3, -0.25) is 9.79 Å². The van der Waals surface area contributed by atoms with Crippen molar-refractivity contribution < 1.29 is 9.53 Å². The van der Waals surface area contributed by atoms with E-state index in [1.54, 1.807) is 25.3 Å². The van der Waals surface area contributed by atoms with Crippen LogP contribution in [0.15, 0.2) is 47.5 Å². The van der Waals surface area contributed by atoms with Crippen LogP contribution >= 0.6 is 0 Å². The third kappa shape index (κ3) is 3.26. The maximum absolute atomic E-state index is 12.4. The lowest BCUT2D eigenvalue weighted by atomic mass is 10.1. The van der Waals surface area contributed by atoms with Crippen molar-refractivity contribution in [2.45, 2.75) is 0 Å². The molecule has 3 rings (SSSR count). The summed E-state index contributed by atoms with van der Waals surface area (Å²) in [7, 11) is 1.55. The van der Waals surface area contributed by atoms with Gasteiger partial charge in [0, 0.05) is 23.3 Å². The fourth-order valence-corrected chi connectivity index (χ4v) is 2.37. The second kappa shape index (κ2) is 6.39. The largest absolute Gasteiger partial charge is 0.497 e. The van der Waals surface area contributed by atoms with Crippen LogP contribution in [0.25, 0.3) is 0 Å². The number of methoxy groups -OCH3 is 1. The Balaban J connectivity index is 1.72. The summed E-state index contributed by atoms with van der Waals surface area (Å²) in [5.74, 6) is 0.326. The van der Waals surface area contributed by atoms with Crippen LogP contribution in [-0.4, -0.2) is 32.4 Å². The number of carbonyl (C=O) groups excluding carboxylic acids is 1. The highest BCUT2D eigenvalue weighted by Crippen LogP contribution is 2.22. The zero-order chi connectivity index (χ0) is 16.2. The van der Waals surface area contributed by atoms with E-state index in [1.165, 1.54) is 0 Å². The Labute approximate surface area is 134 Å². The van der Waals surface area contributed by atoms with Crippen LogP contribution in [-0.2, 0) is 0 Å². The fraction of sp³-hybridized carbons (Fsp3) is 0.176. The number of nitrogen functional groups attached to an aromatic ring is 1. The number of ether oxygens (including phenoxy) is 1. The number of hydrogen-bond acceptors (Lipinski definition) is 5. The molecule has 0 radical (unpaired) electrons. The lowest BCUT2D eigenvalue weighted by molar-refractivity contribution is 0.102. The molecule has 0 saturated heterocycles. The zero-order valence-corrected chi connectivity index (χ0v) is 12.8. The van der Waals surface area contributed by atoms with Crippen LogP contribution in [0.2, 0.25) is 0 Å². The lowest BCUT2D eigenvalue weighted by Gasteiger charge is -2.16. The molecule has 0 unspecified atom stereocenters. The molecule has 0 spiro atoms. The predicted octanol–water partition coefficient (Wildman–Crippen LogP) is 2.38. The molecule has 0 fully saturated rings. The quantitative estimate of drug-likeness (QED) is 0.850. The van der Waals surface area contributed by atoms with E-state index in [4.69, 9.17) is 10.5 Å². The Hall–Kier alpha value is -3.02. The molecule has 0 saturated carbocycles. The van der Waals surface area contributed by atoms with Gasteiger partial charge in [-0.1, -0.05) is 0 Å². The first-order valence-corrected chi connectivity index (χ1v) is 7.25. The number of hydrogen-bond donors (Lipinski definition) is 2. The van der Waals surface area contributed by atoms with E-state index in [0.29, 0.717) is 29.4 Å². The standard InChI is InChI=1S/C17H18N4O2/c1-23-14-6-7-16(18)15(10-14)17(22)20-12-2-4-13(5-3-12)21-9-8-19-11-21/h2-8,10H,9,11,18H2,1H3,(H,20,22). The molecule has 1 aliphatic heterocycles. The number of benzene rings is 2. The molecular weight excluding hydrogens is 292 g/mol. The number of nitrogens with two attached hydrogens (primary N) is 1. The van der Waals surface area contributed by atoms with Gasteiger partial charge in [0.15, 0.2) is 0 Å². The van der Waals surface area contributed by atoms with Crippen LogP contribution in [0.4, 0.5) is 17.1 Å². The van der Waals surface area contributed by atoms with Gasteiger partial charge in [0.1, 0.15) is 12.4 Å². The van der Waals surface area contributed by atoms with Gasteiger partial charge in [-0.05, 0) is 42.5 Å². The number of nitrogens with zero attached hydrogens (tertiary/aromatic N) is 2. The Kier molecular flexibility index (Phi) is 4.14. The van der Waals surface area contributed by atoms with Crippen LogP contribution in [0.1, 0.15) is 10.4 Å². The lowest BCUT2D eigenvalue weighted by Crippen LogP contribution is -2.19. The summed E-state index contributed by atoms with van der Waals surface area (Å²) in [4.78, 5) is 18.7. The molecule has 1 heterocycles. The first-order chi connectivity index (χ1) is 11.2. The highest BCUT2D eigenvalue weighted by atomic mass is 16.5. The minimum atomic E-state index is -0.265. The smallest absolute Gasteiger partial charge is 0.257 e. The summed E-state index contributed by atoms with van der Waals surface area (Å²) in [6.45, 7) is 1.48. The van der Waals surface area contributed by atoms with E-state index in [9.17, 15) is 4.79 Å². The summed E-state index contributed by atoms with van der Waals surface area (Å²) in [5, 5.41) is 2.84. The minimum absolute atomic E-state index is 0.265. The Morgan fingerprint density at radius 3 is 2.70 bits per heavy atom. The zero-order valence-electron chi connectivity index (χ0n) is 12.8. The van der Waals surface area contributed by atoms with Crippen molar-refractivity contribution in [2.24, 2.45) is 4.99 Å². The molecule has 1 aliphatic rings. The minimum Gasteiger partial charge on any atom is -0.497 e. The maximum atomic E-state index is 12.4. The highest BCUT2D eigenvalue weighted by molar-refractivity contribution is 6.08. The number of rotatable bonds is 4. The second-order valence-corrected chi connectivity index (χ2v) is 5.18. The van der Waals surface area contributed by atoms with Crippen molar-refractivity contribution >= 4 is 29.2 Å². The third-order valence-electron chi connectivity index (χ3n) is 3.68. The van der Waals surface area contributed by atoms with E-state index >= 15 is 0 Å². The van der Waals surface area contributed by atoms with Crippen molar-refractivity contribution in [2.75, 3.05) is 36.3 Å². The topological polar surface area (TPSA) is 79.9 Å². The van der Waals surface area contributed by atoms with E-state index in [-0.39, 0.29) is 5.91 Å². The van der Waals surface area contributed by atoms with Crippen molar-refractivity contribution in [3.63, 3.8) is 0 Å². The first-order valence-electron chi connectivity index (χ1n) is 7.25. The fourth-order valence-electron chi connectivity index (χ4n) is 2.37. The van der Waals surface area contributed by atoms with Gasteiger partial charge < -0.3 is 20.7 Å². The average Bonchev–Trinajstić information content (AvgIpc) is 3.10. The molecule has 2 aromatic carbocycles. The molecule has 0 atom stereocenters. The van der Waals surface area contributed by atoms with Crippen molar-refractivity contribution in [1.82, 2.24) is 0 Å². The number of anilines is 3. The molecular formula is C17H18N4O2. The van der Waals surface area contributed by atoms with Crippen LogP contribution in [0.3, 0.4) is 0 Å². The Bertz CT molecular complexity index is 733. The predicted molar refractivity (Wildman–Crippen MR) is 92.5 cm³/mol. The van der Waals surface area contributed by atoms with E-state index in [0.717, 1.165) is 12.2 Å². The molecule has 0 bridgehead atoms. The van der Waals surface area contributed by atoms with Crippen molar-refractivity contribution in [1.29, 1.82) is 0 Å². The molecule has 0 aliphatic carbocycles. The molecule has 6 heteroatoms. The van der Waals surface area contributed by atoms with Gasteiger partial charge in [-0.15, -0.1) is 0 Å². The second-order valence-electron chi connectivity index (χ2n) is 5.18. The van der Waals surface area contributed by atoms with Crippen LogP contribution < -0.4 is 20.7 Å². The van der Waals surface area contributed by atoms with Crippen LogP contribution in [0, 0.1) is 0 Å². The SMILES string of the molecule is COc1ccc(N)c(C(=O)Nc2ccc(N3CC=NC3)cc2)c1. The third-order valence-corrected chi connectivity index (χ3v) is 3.68. The van der Waals surface area contributed by atoms with E-state index < -0.39 is 0 Å². The van der Waals surface area contributed by atoms with Crippen molar-refractivity contribution in [3.05, 3.63) is 48.0 Å². The van der Waals surface area contributed by atoms with Gasteiger partial charge in [-0.2, -0.15) is 0 Å². The molecule has 0 aromatic heterocycles. The summed E-state index contributed by atoms with van der Waals surface area (Å²) >= 11 is 0. The average molecular weight is 310 g/mol. The van der Waals surface area contributed by atoms with Gasteiger partial charge in [0.05, 0.1) is 19.2 Å². The maximum Gasteiger partial charge on any atom is 0.257 e. The molecule has 23 heavy (non-hydrogen) atoms. The van der Waals surface area contributed by atoms with Gasteiger partial charge in [0.2, 0.25) is 0 Å². The summed E-state index contributed by atoms with van der Waals surface area (Å²) in [6, 6.07) is 12.6. The monoisotopic (exact) mass is 310 g/mol. The molecule has 2 aromatic rings. The summed E-state index contributed by atoms with van der Waals surface area (Å²) in [6.07, 6.45) is 1.89.